The zero-order valence-electron chi connectivity index (χ0n) is 8.87. The van der Waals surface area contributed by atoms with Gasteiger partial charge in [-0.3, -0.25) is 0 Å². The number of aromatic nitrogens is 1. The highest BCUT2D eigenvalue weighted by Crippen LogP contribution is 2.25. The van der Waals surface area contributed by atoms with Gasteiger partial charge in [0.05, 0.1) is 6.10 Å². The van der Waals surface area contributed by atoms with Crippen molar-refractivity contribution >= 4 is 11.6 Å². The fourth-order valence-electron chi connectivity index (χ4n) is 1.79. The molecular formula is C10H13F2N3O. The van der Waals surface area contributed by atoms with E-state index in [0.29, 0.717) is 19.5 Å². The Morgan fingerprint density at radius 2 is 2.25 bits per heavy atom. The van der Waals surface area contributed by atoms with Gasteiger partial charge in [0.25, 0.3) is 0 Å². The van der Waals surface area contributed by atoms with Gasteiger partial charge in [0.2, 0.25) is 0 Å². The second-order valence-electron chi connectivity index (χ2n) is 3.76. The van der Waals surface area contributed by atoms with E-state index in [2.05, 4.69) is 10.3 Å². The van der Waals surface area contributed by atoms with Crippen LogP contribution in [-0.4, -0.2) is 36.3 Å². The molecule has 4 nitrogen and oxygen atoms in total. The van der Waals surface area contributed by atoms with Gasteiger partial charge in [0, 0.05) is 26.2 Å². The summed E-state index contributed by atoms with van der Waals surface area (Å²) < 4.78 is 26.7. The normalized spacial score (nSPS) is 20.2. The van der Waals surface area contributed by atoms with Crippen LogP contribution >= 0.6 is 0 Å². The zero-order valence-corrected chi connectivity index (χ0v) is 8.87. The summed E-state index contributed by atoms with van der Waals surface area (Å²) in [5.41, 5.74) is 0. The van der Waals surface area contributed by atoms with Crippen LogP contribution in [0.15, 0.2) is 6.07 Å². The molecule has 1 unspecified atom stereocenters. The minimum atomic E-state index is -0.719. The Morgan fingerprint density at radius 3 is 2.81 bits per heavy atom. The summed E-state index contributed by atoms with van der Waals surface area (Å²) in [5, 5.41) is 11.9. The topological polar surface area (TPSA) is 48.4 Å². The molecule has 1 atom stereocenters. The Labute approximate surface area is 91.9 Å². The van der Waals surface area contributed by atoms with Crippen molar-refractivity contribution in [3.63, 3.8) is 0 Å². The minimum Gasteiger partial charge on any atom is -0.391 e. The second kappa shape index (κ2) is 4.21. The standard InChI is InChI=1S/C10H13F2N3O/c1-13-9-7(11)4-8(12)10(14-9)15-3-2-6(16)5-15/h4,6,16H,2-3,5H2,1H3,(H,13,14). The van der Waals surface area contributed by atoms with Crippen molar-refractivity contribution in [1.82, 2.24) is 4.98 Å². The maximum Gasteiger partial charge on any atom is 0.168 e. The molecule has 0 aromatic carbocycles. The van der Waals surface area contributed by atoms with Crippen molar-refractivity contribution in [1.29, 1.82) is 0 Å². The molecule has 1 aliphatic heterocycles. The van der Waals surface area contributed by atoms with Gasteiger partial charge < -0.3 is 15.3 Å². The van der Waals surface area contributed by atoms with E-state index < -0.39 is 17.7 Å². The zero-order chi connectivity index (χ0) is 11.7. The number of aliphatic hydroxyl groups excluding tert-OH is 1. The van der Waals surface area contributed by atoms with Gasteiger partial charge in [-0.15, -0.1) is 0 Å². The molecule has 0 bridgehead atoms. The van der Waals surface area contributed by atoms with E-state index in [4.69, 9.17) is 0 Å². The van der Waals surface area contributed by atoms with Crippen LogP contribution in [0.3, 0.4) is 0 Å². The second-order valence-corrected chi connectivity index (χ2v) is 3.76. The summed E-state index contributed by atoms with van der Waals surface area (Å²) in [4.78, 5) is 5.47. The fourth-order valence-corrected chi connectivity index (χ4v) is 1.79. The number of nitrogens with one attached hydrogen (secondary N) is 1. The van der Waals surface area contributed by atoms with Crippen molar-refractivity contribution in [2.24, 2.45) is 0 Å². The largest absolute Gasteiger partial charge is 0.391 e. The summed E-state index contributed by atoms with van der Waals surface area (Å²) in [7, 11) is 1.52. The smallest absolute Gasteiger partial charge is 0.168 e. The van der Waals surface area contributed by atoms with E-state index in [-0.39, 0.29) is 11.6 Å². The molecule has 1 aromatic rings. The number of pyridine rings is 1. The molecule has 2 rings (SSSR count). The SMILES string of the molecule is CNc1nc(N2CCC(O)C2)c(F)cc1F. The Morgan fingerprint density at radius 1 is 1.50 bits per heavy atom. The summed E-state index contributed by atoms with van der Waals surface area (Å²) in [6, 6.07) is 0.804. The van der Waals surface area contributed by atoms with Crippen LogP contribution in [0.25, 0.3) is 0 Å². The van der Waals surface area contributed by atoms with Gasteiger partial charge in [0.1, 0.15) is 0 Å². The quantitative estimate of drug-likeness (QED) is 0.793. The average Bonchev–Trinajstić information content (AvgIpc) is 2.65. The number of aliphatic hydroxyl groups is 1. The van der Waals surface area contributed by atoms with Crippen molar-refractivity contribution < 1.29 is 13.9 Å². The van der Waals surface area contributed by atoms with Crippen LogP contribution in [-0.2, 0) is 0 Å². The number of β-amino-alcohol motifs (C(OH)–C–C–N with tert-alkyl or cyclic N) is 1. The van der Waals surface area contributed by atoms with E-state index in [1.165, 1.54) is 7.05 Å². The molecule has 2 N–H and O–H groups in total. The van der Waals surface area contributed by atoms with Gasteiger partial charge in [-0.05, 0) is 6.42 Å². The van der Waals surface area contributed by atoms with Gasteiger partial charge >= 0.3 is 0 Å². The van der Waals surface area contributed by atoms with Crippen molar-refractivity contribution in [2.75, 3.05) is 30.4 Å². The molecule has 6 heteroatoms. The molecule has 16 heavy (non-hydrogen) atoms. The minimum absolute atomic E-state index is 0.0118. The number of nitrogens with zero attached hydrogens (tertiary/aromatic N) is 2. The Kier molecular flexibility index (Phi) is 2.91. The summed E-state index contributed by atoms with van der Waals surface area (Å²) in [5.74, 6) is -1.32. The number of hydrogen-bond donors (Lipinski definition) is 2. The third-order valence-electron chi connectivity index (χ3n) is 2.61. The highest BCUT2D eigenvalue weighted by atomic mass is 19.1. The number of halogens is 2. The summed E-state index contributed by atoms with van der Waals surface area (Å²) in [6.45, 7) is 0.860. The molecule has 0 amide bonds. The molecule has 2 heterocycles. The van der Waals surface area contributed by atoms with Crippen molar-refractivity contribution in [3.05, 3.63) is 17.7 Å². The van der Waals surface area contributed by atoms with E-state index in [1.54, 1.807) is 4.90 Å². The Bertz CT molecular complexity index is 400. The van der Waals surface area contributed by atoms with Gasteiger partial charge in [-0.2, -0.15) is 0 Å². The lowest BCUT2D eigenvalue weighted by atomic mass is 10.3. The number of rotatable bonds is 2. The molecule has 1 aromatic heterocycles. The van der Waals surface area contributed by atoms with Crippen LogP contribution in [0.4, 0.5) is 20.4 Å². The molecule has 0 spiro atoms. The molecule has 1 aliphatic rings. The van der Waals surface area contributed by atoms with Gasteiger partial charge in [-0.25, -0.2) is 13.8 Å². The molecular weight excluding hydrogens is 216 g/mol. The number of hydrogen-bond acceptors (Lipinski definition) is 4. The summed E-state index contributed by atoms with van der Waals surface area (Å²) in [6.07, 6.45) is 0.109. The summed E-state index contributed by atoms with van der Waals surface area (Å²) >= 11 is 0. The lowest BCUT2D eigenvalue weighted by molar-refractivity contribution is 0.198. The predicted molar refractivity (Wildman–Crippen MR) is 56.5 cm³/mol. The third kappa shape index (κ3) is 1.92. The molecule has 0 saturated carbocycles. The third-order valence-corrected chi connectivity index (χ3v) is 2.61. The van der Waals surface area contributed by atoms with Crippen LogP contribution < -0.4 is 10.2 Å². The van der Waals surface area contributed by atoms with Crippen LogP contribution in [0.5, 0.6) is 0 Å². The van der Waals surface area contributed by atoms with Crippen molar-refractivity contribution in [3.8, 4) is 0 Å². The van der Waals surface area contributed by atoms with Crippen molar-refractivity contribution in [2.45, 2.75) is 12.5 Å². The van der Waals surface area contributed by atoms with Gasteiger partial charge in [0.15, 0.2) is 23.3 Å². The average molecular weight is 229 g/mol. The molecule has 1 fully saturated rings. The molecule has 0 radical (unpaired) electrons. The molecule has 1 saturated heterocycles. The van der Waals surface area contributed by atoms with E-state index in [1.807, 2.05) is 0 Å². The molecule has 0 aliphatic carbocycles. The highest BCUT2D eigenvalue weighted by molar-refractivity contribution is 5.49. The maximum atomic E-state index is 13.5. The first-order valence-electron chi connectivity index (χ1n) is 5.08. The monoisotopic (exact) mass is 229 g/mol. The highest BCUT2D eigenvalue weighted by Gasteiger charge is 2.25. The van der Waals surface area contributed by atoms with E-state index >= 15 is 0 Å². The van der Waals surface area contributed by atoms with Crippen LogP contribution in [0.1, 0.15) is 6.42 Å². The van der Waals surface area contributed by atoms with Crippen LogP contribution in [0.2, 0.25) is 0 Å². The first-order valence-corrected chi connectivity index (χ1v) is 5.08. The van der Waals surface area contributed by atoms with Crippen LogP contribution in [0, 0.1) is 11.6 Å². The maximum absolute atomic E-state index is 13.5. The van der Waals surface area contributed by atoms with E-state index in [0.717, 1.165) is 6.07 Å². The lowest BCUT2D eigenvalue weighted by Crippen LogP contribution is -2.24. The number of anilines is 2. The predicted octanol–water partition coefficient (Wildman–Crippen LogP) is 0.973. The first-order chi connectivity index (χ1) is 7.61. The fraction of sp³-hybridized carbons (Fsp3) is 0.500. The Hall–Kier alpha value is -1.43. The lowest BCUT2D eigenvalue weighted by Gasteiger charge is -2.18. The first kappa shape index (κ1) is 11.1. The van der Waals surface area contributed by atoms with E-state index in [9.17, 15) is 13.9 Å². The van der Waals surface area contributed by atoms with Gasteiger partial charge in [-0.1, -0.05) is 0 Å². The Balaban J connectivity index is 2.33. The molecule has 88 valence electrons.